The van der Waals surface area contributed by atoms with Crippen molar-refractivity contribution in [3.8, 4) is 0 Å². The van der Waals surface area contributed by atoms with Crippen LogP contribution in [0.4, 0.5) is 0 Å². The summed E-state index contributed by atoms with van der Waals surface area (Å²) in [6, 6.07) is 0. The average Bonchev–Trinajstić information content (AvgIpc) is 3.49. The molecule has 6 aliphatic rings. The molecule has 6 rings (SSSR count). The summed E-state index contributed by atoms with van der Waals surface area (Å²) in [5.74, 6) is -16.1. The number of hydrogen-bond acceptors (Lipinski definition) is 30. The van der Waals surface area contributed by atoms with Crippen LogP contribution in [0.3, 0.4) is 0 Å². The van der Waals surface area contributed by atoms with Crippen LogP contribution in [-0.4, -0.2) is 209 Å². The number of carboxylic acids is 6. The lowest BCUT2D eigenvalue weighted by molar-refractivity contribution is -0.152. The molecule has 30 nitrogen and oxygen atoms in total. The number of carbonyl (C=O) groups excluding carboxylic acids is 12. The summed E-state index contributed by atoms with van der Waals surface area (Å²) < 4.78 is 27.4. The number of carbonyl (C=O) groups is 18. The van der Waals surface area contributed by atoms with Crippen LogP contribution in [0.15, 0.2) is 0 Å². The molecule has 6 saturated heterocycles. The van der Waals surface area contributed by atoms with Gasteiger partial charge in [0.05, 0.1) is 151 Å². The van der Waals surface area contributed by atoms with E-state index in [1.807, 2.05) is 0 Å². The molecule has 12 unspecified atom stereocenters. The van der Waals surface area contributed by atoms with Crippen LogP contribution in [0.25, 0.3) is 0 Å². The fourth-order valence-corrected chi connectivity index (χ4v) is 15.2. The molecule has 36 heteroatoms. The first kappa shape index (κ1) is 77.8. The lowest BCUT2D eigenvalue weighted by Gasteiger charge is -2.13. The van der Waals surface area contributed by atoms with Gasteiger partial charge in [0.25, 0.3) is 0 Å². The summed E-state index contributed by atoms with van der Waals surface area (Å²) in [6.07, 6.45) is -1.30. The Labute approximate surface area is 515 Å². The molecule has 0 bridgehead atoms. The van der Waals surface area contributed by atoms with Gasteiger partial charge in [0, 0.05) is 34.5 Å². The van der Waals surface area contributed by atoms with E-state index in [-0.39, 0.29) is 99.7 Å². The van der Waals surface area contributed by atoms with Crippen LogP contribution in [-0.2, 0) is 115 Å². The molecular weight excluding hydrogens is 1270 g/mol. The van der Waals surface area contributed by atoms with Crippen LogP contribution >= 0.6 is 70.6 Å². The van der Waals surface area contributed by atoms with Crippen LogP contribution in [0.2, 0.25) is 0 Å². The molecular formula is C50H64O30S6. The highest BCUT2D eigenvalue weighted by Gasteiger charge is 2.46. The van der Waals surface area contributed by atoms with Gasteiger partial charge in [-0.1, -0.05) is 70.6 Å². The Balaban J connectivity index is 0.000000516. The Hall–Kier alpha value is -6.24. The van der Waals surface area contributed by atoms with E-state index in [0.29, 0.717) is 17.3 Å². The number of hydrogen-bond donors (Lipinski definition) is 6. The minimum absolute atomic E-state index is 0.0535. The van der Waals surface area contributed by atoms with Gasteiger partial charge >= 0.3 is 71.6 Å². The van der Waals surface area contributed by atoms with Crippen molar-refractivity contribution >= 4 is 173 Å². The Kier molecular flexibility index (Phi) is 35.7. The van der Waals surface area contributed by atoms with Crippen molar-refractivity contribution in [2.75, 3.05) is 76.2 Å². The molecule has 0 aromatic rings. The van der Waals surface area contributed by atoms with Crippen molar-refractivity contribution in [1.29, 1.82) is 0 Å². The maximum absolute atomic E-state index is 11.4. The van der Waals surface area contributed by atoms with E-state index in [4.69, 9.17) is 35.4 Å². The van der Waals surface area contributed by atoms with E-state index in [9.17, 15) is 86.3 Å². The Morgan fingerprint density at radius 3 is 0.779 bits per heavy atom. The standard InChI is InChI=1S/3C9H12O5S.2C8H10O5S.C7H8O5S/c1-13-7(10)3-5-6(8(11)14-2)4-15-9(5)12;1-2-14-7(10)3-5-6(8(11)12)4-15-9(5)13;1-2-14-8(12)6-4-15-9(13)5(6)3-7(10)11;1-13-6(9)2-4-5(7(10)11)3-14-8(4)12;1-13-7(11)5-3-14-8(12)4(5)2-6(9)10;8-5(9)1-3-4(6(10)11)2-13-7(3)12/h5-6H,3-4H2,1-2H3;5-6H,2-4H2,1H3,(H,11,12);5-6H,2-4H2,1H3,(H,10,11);4-5H,2-3H2,1H3,(H,10,11);4-5H,2-3H2,1H3,(H,9,10);3-4H,1-2H2,(H,8,9)(H,10,11). The molecule has 6 N–H and O–H groups in total. The van der Waals surface area contributed by atoms with Gasteiger partial charge in [0.2, 0.25) is 0 Å². The Bertz CT molecular complexity index is 2540. The van der Waals surface area contributed by atoms with Gasteiger partial charge in [-0.2, -0.15) is 0 Å². The molecule has 0 spiro atoms. The van der Waals surface area contributed by atoms with Gasteiger partial charge in [-0.15, -0.1) is 0 Å². The van der Waals surface area contributed by atoms with Gasteiger partial charge in [-0.3, -0.25) is 86.3 Å². The second kappa shape index (κ2) is 39.5. The third-order valence-electron chi connectivity index (χ3n) is 12.8. The van der Waals surface area contributed by atoms with E-state index in [0.717, 1.165) is 70.6 Å². The quantitative estimate of drug-likeness (QED) is 0.0745. The predicted octanol–water partition coefficient (Wildman–Crippen LogP) is 1.62. The van der Waals surface area contributed by atoms with E-state index in [1.165, 1.54) is 28.4 Å². The van der Waals surface area contributed by atoms with Crippen molar-refractivity contribution in [2.45, 2.75) is 52.4 Å². The van der Waals surface area contributed by atoms with Gasteiger partial charge in [-0.05, 0) is 13.8 Å². The zero-order valence-electron chi connectivity index (χ0n) is 46.8. The fraction of sp³-hybridized carbons (Fsp3) is 0.640. The first-order chi connectivity index (χ1) is 40.3. The predicted molar refractivity (Wildman–Crippen MR) is 302 cm³/mol. The number of esters is 6. The maximum atomic E-state index is 11.4. The number of carboxylic acid groups (broad SMARTS) is 6. The van der Waals surface area contributed by atoms with Gasteiger partial charge < -0.3 is 59.1 Å². The Morgan fingerprint density at radius 1 is 0.326 bits per heavy atom. The van der Waals surface area contributed by atoms with E-state index in [1.54, 1.807) is 13.8 Å². The van der Waals surface area contributed by atoms with Crippen LogP contribution in [0.1, 0.15) is 52.4 Å². The van der Waals surface area contributed by atoms with Gasteiger partial charge in [-0.25, -0.2) is 0 Å². The average molecular weight is 1340 g/mol. The van der Waals surface area contributed by atoms with E-state index in [2.05, 4.69) is 23.7 Å². The summed E-state index contributed by atoms with van der Waals surface area (Å²) in [5, 5.41) is 50.5. The zero-order chi connectivity index (χ0) is 65.7. The molecule has 0 radical (unpaired) electrons. The number of methoxy groups -OCH3 is 4. The summed E-state index contributed by atoms with van der Waals surface area (Å²) >= 11 is 5.91. The zero-order valence-corrected chi connectivity index (χ0v) is 51.7. The van der Waals surface area contributed by atoms with Crippen LogP contribution in [0.5, 0.6) is 0 Å². The number of aliphatic carboxylic acids is 6. The second-order valence-corrected chi connectivity index (χ2v) is 24.4. The van der Waals surface area contributed by atoms with Crippen molar-refractivity contribution in [3.05, 3.63) is 0 Å². The third kappa shape index (κ3) is 25.6. The lowest BCUT2D eigenvalue weighted by Crippen LogP contribution is -2.27. The molecule has 12 atom stereocenters. The molecule has 0 aromatic heterocycles. The second-order valence-electron chi connectivity index (χ2n) is 18.2. The normalized spacial score (nSPS) is 25.9. The van der Waals surface area contributed by atoms with Crippen molar-refractivity contribution in [2.24, 2.45) is 71.0 Å². The number of thioether (sulfide) groups is 6. The fourth-order valence-electron chi connectivity index (χ4n) is 8.18. The Morgan fingerprint density at radius 2 is 0.547 bits per heavy atom. The molecule has 6 fully saturated rings. The minimum atomic E-state index is -1.13. The van der Waals surface area contributed by atoms with Gasteiger partial charge in [0.1, 0.15) is 0 Å². The summed E-state index contributed by atoms with van der Waals surface area (Å²) in [6.45, 7) is 3.82. The van der Waals surface area contributed by atoms with Crippen LogP contribution < -0.4 is 0 Å². The smallest absolute Gasteiger partial charge is 0.310 e. The molecule has 86 heavy (non-hydrogen) atoms. The third-order valence-corrected chi connectivity index (χ3v) is 19.5. The molecule has 480 valence electrons. The first-order valence-electron chi connectivity index (χ1n) is 25.3. The number of ether oxygens (including phenoxy) is 6. The lowest BCUT2D eigenvalue weighted by atomic mass is 9.92. The highest BCUT2D eigenvalue weighted by molar-refractivity contribution is 8.15. The molecule has 0 aromatic carbocycles. The highest BCUT2D eigenvalue weighted by Crippen LogP contribution is 2.39. The number of rotatable bonds is 20. The summed E-state index contributed by atoms with van der Waals surface area (Å²) in [7, 11) is 4.96. The van der Waals surface area contributed by atoms with Crippen molar-refractivity contribution in [3.63, 3.8) is 0 Å². The van der Waals surface area contributed by atoms with Crippen molar-refractivity contribution in [1.82, 2.24) is 0 Å². The topological polar surface area (TPSA) is 484 Å². The molecule has 0 amide bonds. The molecule has 6 heterocycles. The van der Waals surface area contributed by atoms with Crippen molar-refractivity contribution < 1.29 is 145 Å². The molecule has 6 aliphatic heterocycles. The van der Waals surface area contributed by atoms with Gasteiger partial charge in [0.15, 0.2) is 30.7 Å². The summed E-state index contributed by atoms with van der Waals surface area (Å²) in [4.78, 5) is 198. The molecule has 0 aliphatic carbocycles. The van der Waals surface area contributed by atoms with E-state index < -0.39 is 143 Å². The maximum Gasteiger partial charge on any atom is 0.310 e. The SMILES string of the molecule is CCOC(=O)C1CSC(=O)C1CC(=O)O.CCOC(=O)CC1C(=O)SCC1C(=O)O.COC(=O)C1CSC(=O)C1CC(=O)O.COC(=O)CC1C(=O)SCC1C(=O)O.COC(=O)CC1C(=O)SCC1C(=O)OC.O=C(O)CC1C(=O)SCC1C(=O)O. The van der Waals surface area contributed by atoms with Crippen LogP contribution in [0, 0.1) is 71.0 Å². The highest BCUT2D eigenvalue weighted by atomic mass is 32.2. The largest absolute Gasteiger partial charge is 0.481 e. The molecule has 0 saturated carbocycles. The monoisotopic (exact) mass is 1340 g/mol. The summed E-state index contributed by atoms with van der Waals surface area (Å²) in [5.41, 5.74) is 0. The minimum Gasteiger partial charge on any atom is -0.481 e. The first-order valence-corrected chi connectivity index (χ1v) is 31.2. The van der Waals surface area contributed by atoms with E-state index >= 15 is 0 Å².